The summed E-state index contributed by atoms with van der Waals surface area (Å²) in [5.41, 5.74) is 0.503. The van der Waals surface area contributed by atoms with Crippen LogP contribution in [-0.4, -0.2) is 32.6 Å². The topological polar surface area (TPSA) is 76.7 Å². The predicted octanol–water partition coefficient (Wildman–Crippen LogP) is 2.19. The quantitative estimate of drug-likeness (QED) is 0.772. The van der Waals surface area contributed by atoms with Gasteiger partial charge in [0.2, 0.25) is 11.8 Å². The Morgan fingerprint density at radius 1 is 1.14 bits per heavy atom. The van der Waals surface area contributed by atoms with Gasteiger partial charge in [-0.05, 0) is 25.0 Å². The van der Waals surface area contributed by atoms with E-state index in [2.05, 4.69) is 10.6 Å². The highest BCUT2D eigenvalue weighted by molar-refractivity contribution is 5.96. The standard InChI is InChI=1S/C16H24N2O4/c1-5-11(6-2)16(20)17-10-15(19)18-13-9-12(21-3)7-8-14(13)22-4/h7-9,11H,5-6,10H2,1-4H3,(H,17,20)(H,18,19). The molecule has 0 bridgehead atoms. The number of carbonyl (C=O) groups is 2. The van der Waals surface area contributed by atoms with Gasteiger partial charge < -0.3 is 20.1 Å². The molecular weight excluding hydrogens is 284 g/mol. The Balaban J connectivity index is 2.63. The number of hydrogen-bond donors (Lipinski definition) is 2. The fourth-order valence-corrected chi connectivity index (χ4v) is 2.08. The van der Waals surface area contributed by atoms with E-state index in [1.807, 2.05) is 13.8 Å². The van der Waals surface area contributed by atoms with E-state index in [0.717, 1.165) is 12.8 Å². The van der Waals surface area contributed by atoms with Crippen LogP contribution in [0.15, 0.2) is 18.2 Å². The van der Waals surface area contributed by atoms with Crippen LogP contribution in [0.2, 0.25) is 0 Å². The third-order valence-corrected chi connectivity index (χ3v) is 3.46. The van der Waals surface area contributed by atoms with Crippen molar-refractivity contribution >= 4 is 17.5 Å². The summed E-state index contributed by atoms with van der Waals surface area (Å²) in [6.45, 7) is 3.83. The highest BCUT2D eigenvalue weighted by Crippen LogP contribution is 2.28. The monoisotopic (exact) mass is 308 g/mol. The highest BCUT2D eigenvalue weighted by atomic mass is 16.5. The number of rotatable bonds is 8. The number of carbonyl (C=O) groups excluding carboxylic acids is 2. The van der Waals surface area contributed by atoms with E-state index >= 15 is 0 Å². The molecule has 0 aromatic heterocycles. The largest absolute Gasteiger partial charge is 0.497 e. The van der Waals surface area contributed by atoms with Crippen LogP contribution in [0.5, 0.6) is 11.5 Å². The first-order valence-electron chi connectivity index (χ1n) is 7.35. The minimum Gasteiger partial charge on any atom is -0.497 e. The maximum atomic E-state index is 12.0. The zero-order chi connectivity index (χ0) is 16.5. The number of benzene rings is 1. The maximum absolute atomic E-state index is 12.0. The molecule has 0 radical (unpaired) electrons. The second-order valence-corrected chi connectivity index (χ2v) is 4.85. The van der Waals surface area contributed by atoms with E-state index < -0.39 is 0 Å². The minimum absolute atomic E-state index is 0.0563. The van der Waals surface area contributed by atoms with Gasteiger partial charge in [0.25, 0.3) is 0 Å². The van der Waals surface area contributed by atoms with Gasteiger partial charge in [-0.2, -0.15) is 0 Å². The molecule has 1 aromatic carbocycles. The van der Waals surface area contributed by atoms with Crippen LogP contribution < -0.4 is 20.1 Å². The molecule has 2 N–H and O–H groups in total. The van der Waals surface area contributed by atoms with Crippen molar-refractivity contribution in [2.24, 2.45) is 5.92 Å². The molecule has 6 heteroatoms. The fraction of sp³-hybridized carbons (Fsp3) is 0.500. The number of hydrogen-bond acceptors (Lipinski definition) is 4. The summed E-state index contributed by atoms with van der Waals surface area (Å²) in [5.74, 6) is 0.667. The van der Waals surface area contributed by atoms with Gasteiger partial charge >= 0.3 is 0 Å². The van der Waals surface area contributed by atoms with Gasteiger partial charge in [0.15, 0.2) is 0 Å². The van der Waals surface area contributed by atoms with Gasteiger partial charge in [0.1, 0.15) is 11.5 Å². The molecule has 0 aliphatic heterocycles. The summed E-state index contributed by atoms with van der Waals surface area (Å²) >= 11 is 0. The van der Waals surface area contributed by atoms with Gasteiger partial charge in [-0.25, -0.2) is 0 Å². The summed E-state index contributed by atoms with van der Waals surface area (Å²) < 4.78 is 10.3. The molecule has 2 amide bonds. The third kappa shape index (κ3) is 4.95. The number of amides is 2. The van der Waals surface area contributed by atoms with E-state index in [0.29, 0.717) is 17.2 Å². The van der Waals surface area contributed by atoms with Gasteiger partial charge in [-0.3, -0.25) is 9.59 Å². The molecule has 22 heavy (non-hydrogen) atoms. The molecule has 1 aromatic rings. The highest BCUT2D eigenvalue weighted by Gasteiger charge is 2.15. The Morgan fingerprint density at radius 3 is 2.36 bits per heavy atom. The lowest BCUT2D eigenvalue weighted by atomic mass is 10.0. The minimum atomic E-state index is -0.314. The molecule has 0 aliphatic carbocycles. The van der Waals surface area contributed by atoms with E-state index in [-0.39, 0.29) is 24.3 Å². The normalized spacial score (nSPS) is 10.2. The molecule has 122 valence electrons. The lowest BCUT2D eigenvalue weighted by molar-refractivity contribution is -0.127. The van der Waals surface area contributed by atoms with Crippen molar-refractivity contribution < 1.29 is 19.1 Å². The molecule has 0 saturated heterocycles. The Kier molecular flexibility index (Phi) is 7.22. The number of anilines is 1. The molecule has 0 fully saturated rings. The average Bonchev–Trinajstić information content (AvgIpc) is 2.54. The van der Waals surface area contributed by atoms with Crippen molar-refractivity contribution in [3.05, 3.63) is 18.2 Å². The van der Waals surface area contributed by atoms with Crippen LogP contribution in [0.1, 0.15) is 26.7 Å². The maximum Gasteiger partial charge on any atom is 0.243 e. The molecule has 1 rings (SSSR count). The van der Waals surface area contributed by atoms with Crippen molar-refractivity contribution in [3.63, 3.8) is 0 Å². The average molecular weight is 308 g/mol. The van der Waals surface area contributed by atoms with Crippen LogP contribution in [0, 0.1) is 5.92 Å². The van der Waals surface area contributed by atoms with E-state index in [1.165, 1.54) is 7.11 Å². The lowest BCUT2D eigenvalue weighted by Gasteiger charge is -2.14. The first-order chi connectivity index (χ1) is 10.5. The number of methoxy groups -OCH3 is 2. The Labute approximate surface area is 131 Å². The van der Waals surface area contributed by atoms with Gasteiger partial charge in [0.05, 0.1) is 26.5 Å². The van der Waals surface area contributed by atoms with Crippen LogP contribution in [0.4, 0.5) is 5.69 Å². The van der Waals surface area contributed by atoms with Crippen molar-refractivity contribution in [1.29, 1.82) is 0 Å². The van der Waals surface area contributed by atoms with Crippen LogP contribution in [0.3, 0.4) is 0 Å². The second-order valence-electron chi connectivity index (χ2n) is 4.85. The van der Waals surface area contributed by atoms with E-state index in [4.69, 9.17) is 9.47 Å². The second kappa shape index (κ2) is 8.92. The molecule has 0 unspecified atom stereocenters. The smallest absolute Gasteiger partial charge is 0.243 e. The summed E-state index contributed by atoms with van der Waals surface area (Å²) in [6.07, 6.45) is 1.52. The summed E-state index contributed by atoms with van der Waals surface area (Å²) in [4.78, 5) is 23.8. The van der Waals surface area contributed by atoms with E-state index in [9.17, 15) is 9.59 Å². The summed E-state index contributed by atoms with van der Waals surface area (Å²) in [6, 6.07) is 5.11. The van der Waals surface area contributed by atoms with Crippen molar-refractivity contribution in [3.8, 4) is 11.5 Å². The van der Waals surface area contributed by atoms with Gasteiger partial charge in [-0.1, -0.05) is 13.8 Å². The molecule has 0 saturated carbocycles. The van der Waals surface area contributed by atoms with Crippen molar-refractivity contribution in [2.45, 2.75) is 26.7 Å². The fourth-order valence-electron chi connectivity index (χ4n) is 2.08. The van der Waals surface area contributed by atoms with E-state index in [1.54, 1.807) is 25.3 Å². The zero-order valence-electron chi connectivity index (χ0n) is 13.6. The Hall–Kier alpha value is -2.24. The summed E-state index contributed by atoms with van der Waals surface area (Å²) in [5, 5.41) is 5.36. The van der Waals surface area contributed by atoms with Crippen LogP contribution in [0.25, 0.3) is 0 Å². The van der Waals surface area contributed by atoms with Crippen molar-refractivity contribution in [1.82, 2.24) is 5.32 Å². The lowest BCUT2D eigenvalue weighted by Crippen LogP contribution is -2.36. The predicted molar refractivity (Wildman–Crippen MR) is 85.3 cm³/mol. The van der Waals surface area contributed by atoms with Gasteiger partial charge in [-0.15, -0.1) is 0 Å². The van der Waals surface area contributed by atoms with Crippen LogP contribution in [-0.2, 0) is 9.59 Å². The molecule has 6 nitrogen and oxygen atoms in total. The molecule has 0 atom stereocenters. The van der Waals surface area contributed by atoms with Crippen LogP contribution >= 0.6 is 0 Å². The number of ether oxygens (including phenoxy) is 2. The molecule has 0 aliphatic rings. The first-order valence-corrected chi connectivity index (χ1v) is 7.35. The molecule has 0 heterocycles. The Bertz CT molecular complexity index is 513. The Morgan fingerprint density at radius 2 is 1.82 bits per heavy atom. The zero-order valence-corrected chi connectivity index (χ0v) is 13.6. The SMILES string of the molecule is CCC(CC)C(=O)NCC(=O)Nc1cc(OC)ccc1OC. The third-order valence-electron chi connectivity index (χ3n) is 3.46. The molecular formula is C16H24N2O4. The van der Waals surface area contributed by atoms with Crippen molar-refractivity contribution in [2.75, 3.05) is 26.1 Å². The summed E-state index contributed by atoms with van der Waals surface area (Å²) in [7, 11) is 3.07. The first kappa shape index (κ1) is 17.8. The van der Waals surface area contributed by atoms with Gasteiger partial charge in [0, 0.05) is 12.0 Å². The molecule has 0 spiro atoms. The number of nitrogens with one attached hydrogen (secondary N) is 2.